The highest BCUT2D eigenvalue weighted by atomic mass is 16.4. The van der Waals surface area contributed by atoms with Crippen LogP contribution in [0.2, 0.25) is 0 Å². The lowest BCUT2D eigenvalue weighted by molar-refractivity contribution is -0.145. The minimum atomic E-state index is -0.889. The van der Waals surface area contributed by atoms with Crippen molar-refractivity contribution in [3.05, 3.63) is 0 Å². The summed E-state index contributed by atoms with van der Waals surface area (Å²) in [4.78, 5) is 24.8. The Morgan fingerprint density at radius 1 is 1.28 bits per heavy atom. The molecule has 1 amide bonds. The summed E-state index contributed by atoms with van der Waals surface area (Å²) >= 11 is 0. The zero-order valence-corrected chi connectivity index (χ0v) is 11.9. The molecule has 0 bridgehead atoms. The molecule has 0 aliphatic carbocycles. The number of amides is 1. The van der Waals surface area contributed by atoms with E-state index in [-0.39, 0.29) is 24.9 Å². The second-order valence-corrected chi connectivity index (χ2v) is 4.93. The lowest BCUT2D eigenvalue weighted by atomic mass is 9.80. The monoisotopic (exact) mass is 258 g/mol. The first-order valence-corrected chi connectivity index (χ1v) is 6.57. The highest BCUT2D eigenvalue weighted by molar-refractivity contribution is 5.83. The van der Waals surface area contributed by atoms with Crippen LogP contribution in [0.1, 0.15) is 47.0 Å². The Hall–Kier alpha value is -1.10. The van der Waals surface area contributed by atoms with E-state index in [1.165, 1.54) is 0 Å². The Bertz CT molecular complexity index is 278. The van der Waals surface area contributed by atoms with E-state index in [2.05, 4.69) is 0 Å². The molecule has 0 aromatic carbocycles. The van der Waals surface area contributed by atoms with Gasteiger partial charge >= 0.3 is 5.97 Å². The fourth-order valence-corrected chi connectivity index (χ4v) is 2.04. The lowest BCUT2D eigenvalue weighted by Crippen LogP contribution is -2.50. The number of carbonyl (C=O) groups is 2. The first kappa shape index (κ1) is 16.9. The quantitative estimate of drug-likeness (QED) is 0.690. The maximum absolute atomic E-state index is 12.6. The van der Waals surface area contributed by atoms with E-state index in [1.54, 1.807) is 4.90 Å². The van der Waals surface area contributed by atoms with E-state index in [0.717, 1.165) is 0 Å². The van der Waals surface area contributed by atoms with Gasteiger partial charge in [-0.25, -0.2) is 0 Å². The first-order chi connectivity index (χ1) is 8.34. The summed E-state index contributed by atoms with van der Waals surface area (Å²) in [5, 5.41) is 8.74. The summed E-state index contributed by atoms with van der Waals surface area (Å²) in [7, 11) is 0. The van der Waals surface area contributed by atoms with Gasteiger partial charge in [0, 0.05) is 19.1 Å². The number of carboxylic acid groups (broad SMARTS) is 1. The second kappa shape index (κ2) is 7.36. The SMILES string of the molecule is CCC(CC)(CN)C(=O)N(CCC(=O)O)C(C)C. The van der Waals surface area contributed by atoms with E-state index in [9.17, 15) is 9.59 Å². The third kappa shape index (κ3) is 3.98. The van der Waals surface area contributed by atoms with Gasteiger partial charge < -0.3 is 15.7 Å². The van der Waals surface area contributed by atoms with Crippen molar-refractivity contribution in [1.82, 2.24) is 4.90 Å². The van der Waals surface area contributed by atoms with Gasteiger partial charge in [-0.1, -0.05) is 13.8 Å². The van der Waals surface area contributed by atoms with Crippen LogP contribution >= 0.6 is 0 Å². The van der Waals surface area contributed by atoms with E-state index in [1.807, 2.05) is 27.7 Å². The molecule has 0 saturated heterocycles. The Balaban J connectivity index is 4.99. The van der Waals surface area contributed by atoms with Gasteiger partial charge in [0.2, 0.25) is 5.91 Å². The van der Waals surface area contributed by atoms with Crippen LogP contribution in [0.15, 0.2) is 0 Å². The molecule has 0 aliphatic heterocycles. The van der Waals surface area contributed by atoms with Gasteiger partial charge in [0.05, 0.1) is 11.8 Å². The molecular formula is C13H26N2O3. The van der Waals surface area contributed by atoms with E-state index < -0.39 is 11.4 Å². The van der Waals surface area contributed by atoms with Crippen molar-refractivity contribution in [3.63, 3.8) is 0 Å². The van der Waals surface area contributed by atoms with Gasteiger partial charge in [0.15, 0.2) is 0 Å². The fraction of sp³-hybridized carbons (Fsp3) is 0.846. The molecule has 0 fully saturated rings. The second-order valence-electron chi connectivity index (χ2n) is 4.93. The first-order valence-electron chi connectivity index (χ1n) is 6.57. The van der Waals surface area contributed by atoms with Crippen molar-refractivity contribution < 1.29 is 14.7 Å². The number of aliphatic carboxylic acids is 1. The molecule has 0 rings (SSSR count). The topological polar surface area (TPSA) is 83.6 Å². The molecule has 0 aromatic heterocycles. The minimum absolute atomic E-state index is 0.0131. The number of nitrogens with two attached hydrogens (primary N) is 1. The van der Waals surface area contributed by atoms with Crippen LogP contribution < -0.4 is 5.73 Å². The van der Waals surface area contributed by atoms with Gasteiger partial charge in [-0.3, -0.25) is 9.59 Å². The third-order valence-corrected chi connectivity index (χ3v) is 3.65. The minimum Gasteiger partial charge on any atom is -0.481 e. The van der Waals surface area contributed by atoms with Crippen LogP contribution in [-0.4, -0.2) is 41.0 Å². The van der Waals surface area contributed by atoms with E-state index in [0.29, 0.717) is 19.4 Å². The van der Waals surface area contributed by atoms with Gasteiger partial charge in [0.1, 0.15) is 0 Å². The number of carboxylic acids is 1. The largest absolute Gasteiger partial charge is 0.481 e. The highest BCUT2D eigenvalue weighted by Gasteiger charge is 2.37. The summed E-state index contributed by atoms with van der Waals surface area (Å²) in [5.41, 5.74) is 5.21. The number of hydrogen-bond donors (Lipinski definition) is 2. The van der Waals surface area contributed by atoms with Crippen molar-refractivity contribution in [2.24, 2.45) is 11.1 Å². The summed E-state index contributed by atoms with van der Waals surface area (Å²) < 4.78 is 0. The molecule has 0 aliphatic rings. The van der Waals surface area contributed by atoms with E-state index >= 15 is 0 Å². The standard InChI is InChI=1S/C13H26N2O3/c1-5-13(6-2,9-14)12(18)15(10(3)4)8-7-11(16)17/h10H,5-9,14H2,1-4H3,(H,16,17). The van der Waals surface area contributed by atoms with Crippen LogP contribution in [0.25, 0.3) is 0 Å². The van der Waals surface area contributed by atoms with E-state index in [4.69, 9.17) is 10.8 Å². The smallest absolute Gasteiger partial charge is 0.305 e. The Kier molecular flexibility index (Phi) is 6.91. The average molecular weight is 258 g/mol. The molecule has 0 radical (unpaired) electrons. The predicted octanol–water partition coefficient (Wildman–Crippen LogP) is 1.46. The lowest BCUT2D eigenvalue weighted by Gasteiger charge is -2.37. The number of nitrogens with zero attached hydrogens (tertiary/aromatic N) is 1. The summed E-state index contributed by atoms with van der Waals surface area (Å²) in [6.45, 7) is 8.23. The molecular weight excluding hydrogens is 232 g/mol. The molecule has 3 N–H and O–H groups in total. The zero-order chi connectivity index (χ0) is 14.3. The number of carbonyl (C=O) groups excluding carboxylic acids is 1. The van der Waals surface area contributed by atoms with Crippen molar-refractivity contribution in [2.75, 3.05) is 13.1 Å². The van der Waals surface area contributed by atoms with Crippen molar-refractivity contribution in [2.45, 2.75) is 53.0 Å². The molecule has 0 aromatic rings. The Labute approximate surface area is 109 Å². The van der Waals surface area contributed by atoms with Gasteiger partial charge in [-0.2, -0.15) is 0 Å². The van der Waals surface area contributed by atoms with Crippen LogP contribution in [0.3, 0.4) is 0 Å². The molecule has 5 nitrogen and oxygen atoms in total. The van der Waals surface area contributed by atoms with Gasteiger partial charge in [-0.15, -0.1) is 0 Å². The van der Waals surface area contributed by atoms with Crippen LogP contribution in [0.4, 0.5) is 0 Å². The maximum Gasteiger partial charge on any atom is 0.305 e. The molecule has 18 heavy (non-hydrogen) atoms. The van der Waals surface area contributed by atoms with Gasteiger partial charge in [-0.05, 0) is 26.7 Å². The summed E-state index contributed by atoms with van der Waals surface area (Å²) in [5.74, 6) is -0.911. The Morgan fingerprint density at radius 2 is 1.78 bits per heavy atom. The van der Waals surface area contributed by atoms with Gasteiger partial charge in [0.25, 0.3) is 0 Å². The fourth-order valence-electron chi connectivity index (χ4n) is 2.04. The number of rotatable bonds is 8. The molecule has 0 heterocycles. The van der Waals surface area contributed by atoms with Crippen molar-refractivity contribution >= 4 is 11.9 Å². The average Bonchev–Trinajstić information content (AvgIpc) is 2.31. The molecule has 0 atom stereocenters. The molecule has 0 spiro atoms. The van der Waals surface area contributed by atoms with Crippen molar-refractivity contribution in [1.29, 1.82) is 0 Å². The normalized spacial score (nSPS) is 11.7. The maximum atomic E-state index is 12.6. The predicted molar refractivity (Wildman–Crippen MR) is 71.2 cm³/mol. The van der Waals surface area contributed by atoms with Crippen LogP contribution in [0.5, 0.6) is 0 Å². The number of hydrogen-bond acceptors (Lipinski definition) is 3. The zero-order valence-electron chi connectivity index (χ0n) is 11.9. The third-order valence-electron chi connectivity index (χ3n) is 3.65. The summed E-state index contributed by atoms with van der Waals surface area (Å²) in [6, 6.07) is -0.0131. The van der Waals surface area contributed by atoms with Crippen LogP contribution in [0, 0.1) is 5.41 Å². The molecule has 5 heteroatoms. The molecule has 106 valence electrons. The Morgan fingerprint density at radius 3 is 2.06 bits per heavy atom. The summed E-state index contributed by atoms with van der Waals surface area (Å²) in [6.07, 6.45) is 1.32. The molecule has 0 unspecified atom stereocenters. The highest BCUT2D eigenvalue weighted by Crippen LogP contribution is 2.28. The molecule has 0 saturated carbocycles. The van der Waals surface area contributed by atoms with Crippen molar-refractivity contribution in [3.8, 4) is 0 Å². The van der Waals surface area contributed by atoms with Crippen LogP contribution in [-0.2, 0) is 9.59 Å².